The molecule has 0 fully saturated rings. The third kappa shape index (κ3) is 5.99. The number of benzene rings is 3. The highest BCUT2D eigenvalue weighted by Crippen LogP contribution is 2.34. The summed E-state index contributed by atoms with van der Waals surface area (Å²) in [6, 6.07) is 15.9. The van der Waals surface area contributed by atoms with Gasteiger partial charge in [0.1, 0.15) is 17.6 Å². The summed E-state index contributed by atoms with van der Waals surface area (Å²) >= 11 is 6.16. The number of rotatable bonds is 8. The molecule has 12 heteroatoms. The molecule has 0 radical (unpaired) electrons. The summed E-state index contributed by atoms with van der Waals surface area (Å²) < 4.78 is 7.70. The number of aryl methyl sites for hydroxylation is 1. The Balaban J connectivity index is 1.50. The highest BCUT2D eigenvalue weighted by atomic mass is 35.5. The fourth-order valence-corrected chi connectivity index (χ4v) is 4.66. The summed E-state index contributed by atoms with van der Waals surface area (Å²) in [5.41, 5.74) is 3.12. The lowest BCUT2D eigenvalue weighted by Gasteiger charge is -2.15. The first-order valence-electron chi connectivity index (χ1n) is 12.8. The summed E-state index contributed by atoms with van der Waals surface area (Å²) in [6.07, 6.45) is 0.0768. The second-order valence-electron chi connectivity index (χ2n) is 9.32. The molecule has 0 unspecified atom stereocenters. The third-order valence-corrected chi connectivity index (χ3v) is 6.65. The Morgan fingerprint density at radius 1 is 1.00 bits per heavy atom. The second-order valence-corrected chi connectivity index (χ2v) is 9.75. The van der Waals surface area contributed by atoms with Gasteiger partial charge in [-0.15, -0.1) is 10.2 Å². The van der Waals surface area contributed by atoms with Crippen LogP contribution < -0.4 is 15.4 Å². The molecule has 0 saturated carbocycles. The highest BCUT2D eigenvalue weighted by Gasteiger charge is 2.30. The number of phenols is 2. The molecule has 2 heterocycles. The van der Waals surface area contributed by atoms with Gasteiger partial charge >= 0.3 is 0 Å². The van der Waals surface area contributed by atoms with Gasteiger partial charge in [0.25, 0.3) is 5.91 Å². The van der Waals surface area contributed by atoms with Crippen LogP contribution in [0.15, 0.2) is 65.7 Å². The van der Waals surface area contributed by atoms with Crippen molar-refractivity contribution in [1.29, 1.82) is 0 Å². The van der Waals surface area contributed by atoms with E-state index in [9.17, 15) is 19.8 Å². The van der Waals surface area contributed by atoms with Crippen molar-refractivity contribution in [3.63, 3.8) is 0 Å². The molecular weight excluding hydrogens is 548 g/mol. The van der Waals surface area contributed by atoms with Crippen LogP contribution in [0.2, 0.25) is 5.02 Å². The lowest BCUT2D eigenvalue weighted by molar-refractivity contribution is -0.121. The van der Waals surface area contributed by atoms with Crippen molar-refractivity contribution in [1.82, 2.24) is 20.1 Å². The standard InChI is InChI=1S/C29H27ClN6O5/c1-3-31-26(39)14-22-29-35-34-16(2)36(29)23-10-9-20(13-21(23)28(33-22)17-4-6-18(30)7-5-17)41-15-27(40)32-19-8-11-24(37)25(38)12-19/h4-13,22,37-38H,3,14-15H2,1-2H3,(H,31,39)(H,32,40)/t22-/m0/s1. The van der Waals surface area contributed by atoms with E-state index in [1.807, 2.05) is 36.6 Å². The molecule has 1 atom stereocenters. The second kappa shape index (κ2) is 11.7. The number of halogens is 1. The minimum atomic E-state index is -0.613. The summed E-state index contributed by atoms with van der Waals surface area (Å²) in [7, 11) is 0. The van der Waals surface area contributed by atoms with Gasteiger partial charge in [0.05, 0.1) is 17.8 Å². The maximum Gasteiger partial charge on any atom is 0.262 e. The van der Waals surface area contributed by atoms with Gasteiger partial charge in [-0.1, -0.05) is 23.7 Å². The molecule has 2 amide bonds. The molecule has 5 rings (SSSR count). The minimum Gasteiger partial charge on any atom is -0.504 e. The van der Waals surface area contributed by atoms with Crippen LogP contribution in [-0.4, -0.2) is 55.7 Å². The van der Waals surface area contributed by atoms with Crippen molar-refractivity contribution in [3.8, 4) is 22.9 Å². The van der Waals surface area contributed by atoms with E-state index in [2.05, 4.69) is 20.8 Å². The van der Waals surface area contributed by atoms with E-state index in [0.29, 0.717) is 45.9 Å². The predicted molar refractivity (Wildman–Crippen MR) is 153 cm³/mol. The number of amides is 2. The van der Waals surface area contributed by atoms with Crippen LogP contribution in [-0.2, 0) is 9.59 Å². The molecule has 0 spiro atoms. The van der Waals surface area contributed by atoms with Gasteiger partial charge in [0, 0.05) is 34.4 Å². The number of hydrogen-bond acceptors (Lipinski definition) is 8. The summed E-state index contributed by atoms with van der Waals surface area (Å²) in [4.78, 5) is 30.2. The van der Waals surface area contributed by atoms with Gasteiger partial charge in [0.2, 0.25) is 5.91 Å². The summed E-state index contributed by atoms with van der Waals surface area (Å²) in [5.74, 6) is 0.301. The topological polar surface area (TPSA) is 151 Å². The minimum absolute atomic E-state index is 0.0768. The maximum atomic E-state index is 12.6. The molecule has 0 bridgehead atoms. The monoisotopic (exact) mass is 574 g/mol. The van der Waals surface area contributed by atoms with Crippen LogP contribution >= 0.6 is 11.6 Å². The fraction of sp³-hybridized carbons (Fsp3) is 0.207. The van der Waals surface area contributed by atoms with Crippen LogP contribution in [0.3, 0.4) is 0 Å². The molecule has 4 aromatic rings. The van der Waals surface area contributed by atoms with Gasteiger partial charge in [-0.25, -0.2) is 0 Å². The molecule has 41 heavy (non-hydrogen) atoms. The Labute approximate surface area is 240 Å². The first-order chi connectivity index (χ1) is 19.7. The van der Waals surface area contributed by atoms with E-state index >= 15 is 0 Å². The number of hydrogen-bond donors (Lipinski definition) is 4. The zero-order valence-electron chi connectivity index (χ0n) is 22.3. The summed E-state index contributed by atoms with van der Waals surface area (Å²) in [6.45, 7) is 3.86. The number of carbonyl (C=O) groups excluding carboxylic acids is 2. The van der Waals surface area contributed by atoms with Crippen LogP contribution in [0, 0.1) is 6.92 Å². The number of carbonyl (C=O) groups is 2. The van der Waals surface area contributed by atoms with E-state index in [4.69, 9.17) is 21.3 Å². The number of aromatic hydroxyl groups is 2. The maximum absolute atomic E-state index is 12.6. The first kappa shape index (κ1) is 27.7. The van der Waals surface area contributed by atoms with Gasteiger partial charge in [0.15, 0.2) is 23.9 Å². The first-order valence-corrected chi connectivity index (χ1v) is 13.2. The number of anilines is 1. The van der Waals surface area contributed by atoms with Crippen LogP contribution in [0.5, 0.6) is 17.2 Å². The van der Waals surface area contributed by atoms with Gasteiger partial charge < -0.3 is 25.6 Å². The quantitative estimate of drug-likeness (QED) is 0.183. The SMILES string of the molecule is CCNC(=O)C[C@@H]1N=C(c2ccc(Cl)cc2)c2cc(OCC(=O)Nc3ccc(O)c(O)c3)ccc2-n2c(C)nnc21. The number of nitrogens with one attached hydrogen (secondary N) is 2. The number of aliphatic imine (C=N–C) groups is 1. The van der Waals surface area contributed by atoms with E-state index in [0.717, 1.165) is 11.3 Å². The van der Waals surface area contributed by atoms with Crippen molar-refractivity contribution in [2.75, 3.05) is 18.5 Å². The van der Waals surface area contributed by atoms with Crippen molar-refractivity contribution in [3.05, 3.63) is 88.5 Å². The lowest BCUT2D eigenvalue weighted by atomic mass is 10.00. The molecule has 1 aliphatic heterocycles. The van der Waals surface area contributed by atoms with Crippen LogP contribution in [0.1, 0.15) is 42.2 Å². The number of aromatic nitrogens is 3. The Morgan fingerprint density at radius 3 is 2.51 bits per heavy atom. The van der Waals surface area contributed by atoms with Crippen LogP contribution in [0.4, 0.5) is 5.69 Å². The molecule has 3 aromatic carbocycles. The van der Waals surface area contributed by atoms with E-state index < -0.39 is 11.9 Å². The smallest absolute Gasteiger partial charge is 0.262 e. The number of ether oxygens (including phenoxy) is 1. The Bertz CT molecular complexity index is 1650. The van der Waals surface area contributed by atoms with Crippen LogP contribution in [0.25, 0.3) is 5.69 Å². The van der Waals surface area contributed by atoms with Gasteiger partial charge in [-0.2, -0.15) is 0 Å². The molecule has 210 valence electrons. The van der Waals surface area contributed by atoms with Crippen molar-refractivity contribution in [2.24, 2.45) is 4.99 Å². The zero-order chi connectivity index (χ0) is 29.1. The highest BCUT2D eigenvalue weighted by molar-refractivity contribution is 6.30. The predicted octanol–water partition coefficient (Wildman–Crippen LogP) is 4.08. The zero-order valence-corrected chi connectivity index (χ0v) is 23.0. The molecule has 0 aliphatic carbocycles. The van der Waals surface area contributed by atoms with E-state index in [1.54, 1.807) is 24.3 Å². The van der Waals surface area contributed by atoms with E-state index in [-0.39, 0.29) is 30.4 Å². The van der Waals surface area contributed by atoms with Crippen molar-refractivity contribution < 1.29 is 24.5 Å². The number of phenolic OH excluding ortho intramolecular Hbond substituents is 2. The Morgan fingerprint density at radius 2 is 1.78 bits per heavy atom. The fourth-order valence-electron chi connectivity index (χ4n) is 4.53. The van der Waals surface area contributed by atoms with E-state index in [1.165, 1.54) is 18.2 Å². The molecule has 4 N–H and O–H groups in total. The average molecular weight is 575 g/mol. The molecule has 11 nitrogen and oxygen atoms in total. The third-order valence-electron chi connectivity index (χ3n) is 6.40. The van der Waals surface area contributed by atoms with Crippen molar-refractivity contribution in [2.45, 2.75) is 26.3 Å². The molecule has 1 aromatic heterocycles. The van der Waals surface area contributed by atoms with Crippen molar-refractivity contribution >= 4 is 34.8 Å². The molecule has 1 aliphatic rings. The number of nitrogens with zero attached hydrogens (tertiary/aromatic N) is 4. The van der Waals surface area contributed by atoms with Gasteiger partial charge in [-0.3, -0.25) is 19.1 Å². The van der Waals surface area contributed by atoms with Gasteiger partial charge in [-0.05, 0) is 56.3 Å². The Kier molecular flexibility index (Phi) is 7.88. The normalized spacial score (nSPS) is 13.8. The summed E-state index contributed by atoms with van der Waals surface area (Å²) in [5, 5.41) is 33.8. The lowest BCUT2D eigenvalue weighted by Crippen LogP contribution is -2.25. The molecule has 0 saturated heterocycles. The number of fused-ring (bicyclic) bond motifs is 3. The molecular formula is C29H27ClN6O5. The average Bonchev–Trinajstić information content (AvgIpc) is 3.27. The Hall–Kier alpha value is -4.90. The largest absolute Gasteiger partial charge is 0.504 e.